The van der Waals surface area contributed by atoms with Crippen molar-refractivity contribution in [3.63, 3.8) is 0 Å². The van der Waals surface area contributed by atoms with E-state index in [4.69, 9.17) is 0 Å². The van der Waals surface area contributed by atoms with Crippen LogP contribution >= 0.6 is 0 Å². The van der Waals surface area contributed by atoms with E-state index in [1.807, 2.05) is 43.3 Å². The normalized spacial score (nSPS) is 10.6. The highest BCUT2D eigenvalue weighted by molar-refractivity contribution is 6.03. The third-order valence-electron chi connectivity index (χ3n) is 3.11. The summed E-state index contributed by atoms with van der Waals surface area (Å²) in [6.45, 7) is 1.88. The minimum absolute atomic E-state index is 0.208. The van der Waals surface area contributed by atoms with Gasteiger partial charge in [0.25, 0.3) is 5.91 Å². The average Bonchev–Trinajstić information content (AvgIpc) is 3.07. The number of carbonyl (C=O) groups is 1. The van der Waals surface area contributed by atoms with Crippen molar-refractivity contribution in [3.8, 4) is 5.69 Å². The number of nitrogens with one attached hydrogen (secondary N) is 1. The first-order chi connectivity index (χ1) is 10.1. The quantitative estimate of drug-likeness (QED) is 0.800. The van der Waals surface area contributed by atoms with Crippen LogP contribution in [0.3, 0.4) is 0 Å². The number of amides is 1. The number of carbonyl (C=O) groups excluding carboxylic acids is 1. The fourth-order valence-electron chi connectivity index (χ4n) is 2.08. The smallest absolute Gasteiger partial charge is 0.260 e. The fraction of sp³-hybridized carbons (Fsp3) is 0.133. The highest BCUT2D eigenvalue weighted by Crippen LogP contribution is 2.12. The maximum absolute atomic E-state index is 12.2. The minimum atomic E-state index is -0.208. The Balaban J connectivity index is 1.80. The van der Waals surface area contributed by atoms with Gasteiger partial charge in [-0.3, -0.25) is 9.48 Å². The van der Waals surface area contributed by atoms with Crippen molar-refractivity contribution < 1.29 is 4.79 Å². The van der Waals surface area contributed by atoms with Crippen LogP contribution in [0.25, 0.3) is 5.69 Å². The van der Waals surface area contributed by atoms with Gasteiger partial charge in [-0.1, -0.05) is 18.2 Å². The van der Waals surface area contributed by atoms with Gasteiger partial charge in [-0.2, -0.15) is 10.2 Å². The van der Waals surface area contributed by atoms with E-state index >= 15 is 0 Å². The van der Waals surface area contributed by atoms with Crippen LogP contribution in [-0.2, 0) is 7.05 Å². The number of rotatable bonds is 3. The Hall–Kier alpha value is -2.89. The van der Waals surface area contributed by atoms with Crippen molar-refractivity contribution in [3.05, 3.63) is 60.0 Å². The molecule has 3 rings (SSSR count). The van der Waals surface area contributed by atoms with E-state index in [2.05, 4.69) is 15.5 Å². The summed E-state index contributed by atoms with van der Waals surface area (Å²) in [4.78, 5) is 12.2. The summed E-state index contributed by atoms with van der Waals surface area (Å²) in [6, 6.07) is 11.5. The maximum atomic E-state index is 12.2. The van der Waals surface area contributed by atoms with E-state index in [1.165, 1.54) is 0 Å². The molecule has 0 saturated heterocycles. The summed E-state index contributed by atoms with van der Waals surface area (Å²) in [5, 5.41) is 11.2. The molecule has 0 unspecified atom stereocenters. The van der Waals surface area contributed by atoms with Crippen LogP contribution < -0.4 is 5.32 Å². The molecule has 1 N–H and O–H groups in total. The molecular formula is C15H15N5O. The van der Waals surface area contributed by atoms with Gasteiger partial charge in [0.2, 0.25) is 0 Å². The number of nitrogens with zero attached hydrogens (tertiary/aromatic N) is 4. The zero-order valence-electron chi connectivity index (χ0n) is 11.8. The van der Waals surface area contributed by atoms with Crippen molar-refractivity contribution in [2.75, 3.05) is 5.32 Å². The Morgan fingerprint density at radius 3 is 2.67 bits per heavy atom. The predicted octanol–water partition coefficient (Wildman–Crippen LogP) is 2.17. The van der Waals surface area contributed by atoms with Crippen LogP contribution in [0.15, 0.2) is 48.8 Å². The van der Waals surface area contributed by atoms with Crippen LogP contribution in [0.4, 0.5) is 5.82 Å². The first-order valence-electron chi connectivity index (χ1n) is 6.55. The van der Waals surface area contributed by atoms with Gasteiger partial charge in [-0.05, 0) is 19.1 Å². The summed E-state index contributed by atoms with van der Waals surface area (Å²) in [6.07, 6.45) is 3.25. The third-order valence-corrected chi connectivity index (χ3v) is 3.11. The van der Waals surface area contributed by atoms with Gasteiger partial charge in [0.15, 0.2) is 0 Å². The Bertz CT molecular complexity index is 772. The highest BCUT2D eigenvalue weighted by Gasteiger charge is 2.12. The first-order valence-corrected chi connectivity index (χ1v) is 6.55. The average molecular weight is 281 g/mol. The van der Waals surface area contributed by atoms with Crippen LogP contribution in [0, 0.1) is 6.92 Å². The van der Waals surface area contributed by atoms with Gasteiger partial charge < -0.3 is 5.32 Å². The molecule has 6 nitrogen and oxygen atoms in total. The molecule has 106 valence electrons. The summed E-state index contributed by atoms with van der Waals surface area (Å²) < 4.78 is 3.30. The molecular weight excluding hydrogens is 266 g/mol. The molecule has 3 aromatic rings. The molecule has 21 heavy (non-hydrogen) atoms. The number of anilines is 1. The molecule has 0 aliphatic rings. The van der Waals surface area contributed by atoms with Gasteiger partial charge in [0.1, 0.15) is 5.82 Å². The number of benzene rings is 1. The van der Waals surface area contributed by atoms with E-state index in [-0.39, 0.29) is 5.91 Å². The largest absolute Gasteiger partial charge is 0.307 e. The predicted molar refractivity (Wildman–Crippen MR) is 79.5 cm³/mol. The minimum Gasteiger partial charge on any atom is -0.307 e. The van der Waals surface area contributed by atoms with Crippen molar-refractivity contribution in [2.45, 2.75) is 6.92 Å². The van der Waals surface area contributed by atoms with Gasteiger partial charge >= 0.3 is 0 Å². The zero-order chi connectivity index (χ0) is 14.8. The number of aryl methyl sites for hydroxylation is 2. The lowest BCUT2D eigenvalue weighted by Crippen LogP contribution is -2.13. The lowest BCUT2D eigenvalue weighted by Gasteiger charge is -2.03. The molecule has 2 aromatic heterocycles. The summed E-state index contributed by atoms with van der Waals surface area (Å²) >= 11 is 0. The van der Waals surface area contributed by atoms with E-state index < -0.39 is 0 Å². The molecule has 1 amide bonds. The molecule has 0 saturated carbocycles. The molecule has 6 heteroatoms. The number of hydrogen-bond donors (Lipinski definition) is 1. The van der Waals surface area contributed by atoms with Crippen LogP contribution in [0.5, 0.6) is 0 Å². The van der Waals surface area contributed by atoms with Gasteiger partial charge in [0, 0.05) is 19.3 Å². The fourth-order valence-corrected chi connectivity index (χ4v) is 2.08. The summed E-state index contributed by atoms with van der Waals surface area (Å²) in [7, 11) is 1.79. The van der Waals surface area contributed by atoms with Crippen LogP contribution in [0.1, 0.15) is 16.1 Å². The Kier molecular flexibility index (Phi) is 3.27. The molecule has 0 spiro atoms. The second-order valence-corrected chi connectivity index (χ2v) is 4.76. The van der Waals surface area contributed by atoms with Gasteiger partial charge in [-0.25, -0.2) is 4.68 Å². The molecule has 0 aliphatic heterocycles. The zero-order valence-corrected chi connectivity index (χ0v) is 11.8. The molecule has 2 heterocycles. The lowest BCUT2D eigenvalue weighted by atomic mass is 10.3. The number of hydrogen-bond acceptors (Lipinski definition) is 3. The Morgan fingerprint density at radius 1 is 1.24 bits per heavy atom. The number of para-hydroxylation sites is 1. The molecule has 0 aliphatic carbocycles. The summed E-state index contributed by atoms with van der Waals surface area (Å²) in [5.41, 5.74) is 2.26. The van der Waals surface area contributed by atoms with Crippen molar-refractivity contribution in [1.29, 1.82) is 0 Å². The molecule has 0 atom stereocenters. The standard InChI is InChI=1S/C15H15N5O/c1-11-8-14(19(2)18-11)17-15(21)12-9-16-20(10-12)13-6-4-3-5-7-13/h3-10H,1-2H3,(H,17,21). The monoisotopic (exact) mass is 281 g/mol. The highest BCUT2D eigenvalue weighted by atomic mass is 16.1. The molecule has 0 radical (unpaired) electrons. The second-order valence-electron chi connectivity index (χ2n) is 4.76. The van der Waals surface area contributed by atoms with E-state index in [9.17, 15) is 4.79 Å². The molecule has 0 fully saturated rings. The molecule has 0 bridgehead atoms. The van der Waals surface area contributed by atoms with E-state index in [0.717, 1.165) is 11.4 Å². The lowest BCUT2D eigenvalue weighted by molar-refractivity contribution is 0.102. The van der Waals surface area contributed by atoms with Crippen LogP contribution in [-0.4, -0.2) is 25.5 Å². The van der Waals surface area contributed by atoms with Crippen LogP contribution in [0.2, 0.25) is 0 Å². The van der Waals surface area contributed by atoms with E-state index in [1.54, 1.807) is 28.8 Å². The number of aromatic nitrogens is 4. The summed E-state index contributed by atoms with van der Waals surface area (Å²) in [5.74, 6) is 0.449. The Labute approximate surface area is 122 Å². The Morgan fingerprint density at radius 2 is 2.00 bits per heavy atom. The topological polar surface area (TPSA) is 64.7 Å². The SMILES string of the molecule is Cc1cc(NC(=O)c2cnn(-c3ccccc3)c2)n(C)n1. The third kappa shape index (κ3) is 2.69. The van der Waals surface area contributed by atoms with Crippen molar-refractivity contribution in [2.24, 2.45) is 7.05 Å². The van der Waals surface area contributed by atoms with Gasteiger partial charge in [-0.15, -0.1) is 0 Å². The maximum Gasteiger partial charge on any atom is 0.260 e. The van der Waals surface area contributed by atoms with E-state index in [0.29, 0.717) is 11.4 Å². The first kappa shape index (κ1) is 13.1. The van der Waals surface area contributed by atoms with Gasteiger partial charge in [0.05, 0.1) is 23.1 Å². The second kappa shape index (κ2) is 5.24. The van der Waals surface area contributed by atoms with Crippen molar-refractivity contribution >= 4 is 11.7 Å². The molecule has 1 aromatic carbocycles. The van der Waals surface area contributed by atoms with Crippen molar-refractivity contribution in [1.82, 2.24) is 19.6 Å².